The Morgan fingerprint density at radius 1 is 1.50 bits per heavy atom. The molecule has 1 rings (SSSR count). The molecule has 2 nitrogen and oxygen atoms in total. The number of aryl methyl sites for hydroxylation is 1. The number of benzene rings is 1. The number of aromatic carboxylic acids is 1. The van der Waals surface area contributed by atoms with E-state index in [1.54, 1.807) is 0 Å². The lowest BCUT2D eigenvalue weighted by atomic mass is 10.1. The van der Waals surface area contributed by atoms with Crippen molar-refractivity contribution in [1.82, 2.24) is 0 Å². The third kappa shape index (κ3) is 2.01. The maximum absolute atomic E-state index is 12.4. The molecule has 0 saturated carbocycles. The van der Waals surface area contributed by atoms with Crippen LogP contribution in [0.4, 0.5) is 8.78 Å². The molecule has 0 aliphatic heterocycles. The van der Waals surface area contributed by atoms with E-state index in [9.17, 15) is 13.6 Å². The van der Waals surface area contributed by atoms with Gasteiger partial charge in [-0.05, 0) is 24.6 Å². The summed E-state index contributed by atoms with van der Waals surface area (Å²) in [6, 6.07) is 2.20. The molecule has 5 heteroatoms. The van der Waals surface area contributed by atoms with E-state index in [2.05, 4.69) is 0 Å². The number of alkyl halides is 2. The summed E-state index contributed by atoms with van der Waals surface area (Å²) in [4.78, 5) is 10.5. The van der Waals surface area contributed by atoms with Crippen LogP contribution in [0.15, 0.2) is 12.1 Å². The number of hydrogen-bond acceptors (Lipinski definition) is 1. The third-order valence-electron chi connectivity index (χ3n) is 1.80. The molecular formula is C9H7ClF2O2. The quantitative estimate of drug-likeness (QED) is 0.831. The van der Waals surface area contributed by atoms with Gasteiger partial charge in [0, 0.05) is 5.56 Å². The lowest BCUT2D eigenvalue weighted by molar-refractivity contribution is 0.0696. The van der Waals surface area contributed by atoms with Crippen molar-refractivity contribution in [2.45, 2.75) is 13.3 Å². The Bertz CT molecular complexity index is 354. The number of rotatable bonds is 2. The average Bonchev–Trinajstić information content (AvgIpc) is 2.01. The van der Waals surface area contributed by atoms with Crippen molar-refractivity contribution in [3.8, 4) is 0 Å². The Morgan fingerprint density at radius 3 is 2.43 bits per heavy atom. The van der Waals surface area contributed by atoms with Crippen LogP contribution in [-0.2, 0) is 0 Å². The van der Waals surface area contributed by atoms with Gasteiger partial charge in [0.05, 0.1) is 10.6 Å². The van der Waals surface area contributed by atoms with Gasteiger partial charge in [0.25, 0.3) is 6.43 Å². The highest BCUT2D eigenvalue weighted by Gasteiger charge is 2.17. The number of carboxylic acids is 1. The highest BCUT2D eigenvalue weighted by Crippen LogP contribution is 2.31. The molecule has 1 aromatic carbocycles. The zero-order chi connectivity index (χ0) is 10.9. The minimum absolute atomic E-state index is 0.0862. The maximum atomic E-state index is 12.4. The molecule has 0 unspecified atom stereocenters. The lowest BCUT2D eigenvalue weighted by Crippen LogP contribution is -2.00. The van der Waals surface area contributed by atoms with Crippen molar-refractivity contribution in [3.63, 3.8) is 0 Å². The van der Waals surface area contributed by atoms with Crippen molar-refractivity contribution >= 4 is 17.6 Å². The van der Waals surface area contributed by atoms with Crippen LogP contribution in [0.5, 0.6) is 0 Å². The van der Waals surface area contributed by atoms with Crippen LogP contribution in [0.3, 0.4) is 0 Å². The maximum Gasteiger partial charge on any atom is 0.335 e. The fourth-order valence-electron chi connectivity index (χ4n) is 1.16. The Labute approximate surface area is 84.1 Å². The fourth-order valence-corrected chi connectivity index (χ4v) is 1.50. The molecule has 76 valence electrons. The Balaban J connectivity index is 3.32. The van der Waals surface area contributed by atoms with Crippen LogP contribution >= 0.6 is 11.6 Å². The van der Waals surface area contributed by atoms with E-state index in [1.807, 2.05) is 0 Å². The first-order valence-electron chi connectivity index (χ1n) is 3.75. The second kappa shape index (κ2) is 3.92. The second-order valence-corrected chi connectivity index (χ2v) is 3.20. The topological polar surface area (TPSA) is 37.3 Å². The normalized spacial score (nSPS) is 10.6. The van der Waals surface area contributed by atoms with E-state index in [4.69, 9.17) is 16.7 Å². The van der Waals surface area contributed by atoms with Gasteiger partial charge in [-0.25, -0.2) is 13.6 Å². The first kappa shape index (κ1) is 10.9. The SMILES string of the molecule is Cc1cc(C(=O)O)cc(Cl)c1C(F)F. The molecule has 0 spiro atoms. The predicted molar refractivity (Wildman–Crippen MR) is 48.1 cm³/mol. The van der Waals surface area contributed by atoms with Gasteiger partial charge >= 0.3 is 5.97 Å². The van der Waals surface area contributed by atoms with Crippen molar-refractivity contribution in [2.75, 3.05) is 0 Å². The highest BCUT2D eigenvalue weighted by molar-refractivity contribution is 6.31. The van der Waals surface area contributed by atoms with Crippen LogP contribution in [-0.4, -0.2) is 11.1 Å². The van der Waals surface area contributed by atoms with Gasteiger partial charge in [0.15, 0.2) is 0 Å². The molecule has 14 heavy (non-hydrogen) atoms. The minimum atomic E-state index is -2.69. The molecule has 0 atom stereocenters. The summed E-state index contributed by atoms with van der Waals surface area (Å²) in [5.41, 5.74) is -0.210. The van der Waals surface area contributed by atoms with Crippen molar-refractivity contribution in [2.24, 2.45) is 0 Å². The molecule has 0 aromatic heterocycles. The van der Waals surface area contributed by atoms with Gasteiger partial charge in [-0.2, -0.15) is 0 Å². The first-order chi connectivity index (χ1) is 6.43. The van der Waals surface area contributed by atoms with E-state index in [1.165, 1.54) is 13.0 Å². The van der Waals surface area contributed by atoms with Crippen LogP contribution < -0.4 is 0 Å². The summed E-state index contributed by atoms with van der Waals surface area (Å²) in [6.45, 7) is 1.40. The molecule has 0 radical (unpaired) electrons. The van der Waals surface area contributed by atoms with Gasteiger partial charge in [0.2, 0.25) is 0 Å². The van der Waals surface area contributed by atoms with E-state index in [-0.39, 0.29) is 21.7 Å². The highest BCUT2D eigenvalue weighted by atomic mass is 35.5. The van der Waals surface area contributed by atoms with Crippen molar-refractivity contribution in [3.05, 3.63) is 33.8 Å². The van der Waals surface area contributed by atoms with E-state index >= 15 is 0 Å². The van der Waals surface area contributed by atoms with Crippen molar-refractivity contribution < 1.29 is 18.7 Å². The Kier molecular flexibility index (Phi) is 3.06. The summed E-state index contributed by atoms with van der Waals surface area (Å²) in [7, 11) is 0. The van der Waals surface area contributed by atoms with Gasteiger partial charge < -0.3 is 5.11 Å². The van der Waals surface area contributed by atoms with Crippen LogP contribution in [0, 0.1) is 6.92 Å². The molecule has 0 fully saturated rings. The summed E-state index contributed by atoms with van der Waals surface area (Å²) in [6.07, 6.45) is -2.69. The largest absolute Gasteiger partial charge is 0.478 e. The summed E-state index contributed by atoms with van der Waals surface area (Å²) < 4.78 is 24.8. The van der Waals surface area contributed by atoms with Crippen molar-refractivity contribution in [1.29, 1.82) is 0 Å². The van der Waals surface area contributed by atoms with Crippen LogP contribution in [0.2, 0.25) is 5.02 Å². The number of hydrogen-bond donors (Lipinski definition) is 1. The lowest BCUT2D eigenvalue weighted by Gasteiger charge is -2.08. The second-order valence-electron chi connectivity index (χ2n) is 2.79. The van der Waals surface area contributed by atoms with Gasteiger partial charge in [-0.15, -0.1) is 0 Å². The predicted octanol–water partition coefficient (Wildman–Crippen LogP) is 3.28. The van der Waals surface area contributed by atoms with Crippen LogP contribution in [0.25, 0.3) is 0 Å². The zero-order valence-electron chi connectivity index (χ0n) is 7.22. The summed E-state index contributed by atoms with van der Waals surface area (Å²) >= 11 is 5.53. The summed E-state index contributed by atoms with van der Waals surface area (Å²) in [5.74, 6) is -1.18. The molecule has 1 aromatic rings. The fraction of sp³-hybridized carbons (Fsp3) is 0.222. The van der Waals surface area contributed by atoms with E-state index < -0.39 is 12.4 Å². The minimum Gasteiger partial charge on any atom is -0.478 e. The number of carboxylic acid groups (broad SMARTS) is 1. The van der Waals surface area contributed by atoms with Crippen LogP contribution in [0.1, 0.15) is 27.9 Å². The smallest absolute Gasteiger partial charge is 0.335 e. The van der Waals surface area contributed by atoms with Gasteiger partial charge in [-0.3, -0.25) is 0 Å². The molecule has 0 aliphatic carbocycles. The average molecular weight is 221 g/mol. The monoisotopic (exact) mass is 220 g/mol. The molecular weight excluding hydrogens is 214 g/mol. The Hall–Kier alpha value is -1.16. The number of carbonyl (C=O) groups is 1. The molecule has 1 N–H and O–H groups in total. The van der Waals surface area contributed by atoms with E-state index in [0.29, 0.717) is 0 Å². The molecule has 0 saturated heterocycles. The first-order valence-corrected chi connectivity index (χ1v) is 4.12. The molecule has 0 heterocycles. The molecule has 0 aliphatic rings. The summed E-state index contributed by atoms with van der Waals surface area (Å²) in [5, 5.41) is 8.41. The van der Waals surface area contributed by atoms with Gasteiger partial charge in [-0.1, -0.05) is 11.6 Å². The van der Waals surface area contributed by atoms with Gasteiger partial charge in [0.1, 0.15) is 0 Å². The zero-order valence-corrected chi connectivity index (χ0v) is 7.98. The van der Waals surface area contributed by atoms with E-state index in [0.717, 1.165) is 6.07 Å². The molecule has 0 bridgehead atoms. The Morgan fingerprint density at radius 2 is 2.07 bits per heavy atom. The standard InChI is InChI=1S/C9H7ClF2O2/c1-4-2-5(9(13)14)3-6(10)7(4)8(11)12/h2-3,8H,1H3,(H,13,14). The third-order valence-corrected chi connectivity index (χ3v) is 2.11. The molecule has 0 amide bonds. The number of halogens is 3.